The Bertz CT molecular complexity index is 1470. The second kappa shape index (κ2) is 9.11. The summed E-state index contributed by atoms with van der Waals surface area (Å²) in [6, 6.07) is 7.09. The molecule has 1 aromatic carbocycles. The van der Waals surface area contributed by atoms with Crippen LogP contribution < -0.4 is 5.32 Å². The first kappa shape index (κ1) is 23.5. The van der Waals surface area contributed by atoms with Crippen molar-refractivity contribution in [2.24, 2.45) is 15.4 Å². The Hall–Kier alpha value is -4.20. The number of amides is 1. The number of nitrogens with one attached hydrogen (secondary N) is 1. The van der Waals surface area contributed by atoms with Gasteiger partial charge in [0.25, 0.3) is 0 Å². The number of rotatable bonds is 5. The first-order chi connectivity index (χ1) is 17.3. The van der Waals surface area contributed by atoms with Gasteiger partial charge in [0.05, 0.1) is 30.3 Å². The second-order valence-electron chi connectivity index (χ2n) is 8.34. The van der Waals surface area contributed by atoms with Crippen LogP contribution >= 0.6 is 11.6 Å². The number of aliphatic imine (C=N–C) groups is 2. The molecule has 0 spiro atoms. The zero-order valence-electron chi connectivity index (χ0n) is 19.2. The fraction of sp³-hybridized carbons (Fsp3) is 0.240. The van der Waals surface area contributed by atoms with Crippen LogP contribution in [0.15, 0.2) is 62.3 Å². The number of allylic oxidation sites excluding steroid dienone is 3. The summed E-state index contributed by atoms with van der Waals surface area (Å²) in [6.45, 7) is 3.50. The number of ether oxygens (including phenoxy) is 2. The number of aliphatic carboxylic acids is 1. The Morgan fingerprint density at radius 3 is 2.61 bits per heavy atom. The number of hydrogen-bond acceptors (Lipinski definition) is 8. The topological polar surface area (TPSA) is 136 Å². The molecule has 0 bridgehead atoms. The van der Waals surface area contributed by atoms with Crippen LogP contribution in [0.5, 0.6) is 0 Å². The van der Waals surface area contributed by atoms with E-state index in [2.05, 4.69) is 32.3 Å². The number of aryl methyl sites for hydroxylation is 1. The smallest absolute Gasteiger partial charge is 0.412 e. The van der Waals surface area contributed by atoms with E-state index in [1.807, 2.05) is 0 Å². The third-order valence-corrected chi connectivity index (χ3v) is 6.26. The van der Waals surface area contributed by atoms with Gasteiger partial charge in [0, 0.05) is 16.7 Å². The number of fused-ring (bicyclic) bond motifs is 1. The van der Waals surface area contributed by atoms with Crippen LogP contribution in [0.1, 0.15) is 30.0 Å². The maximum atomic E-state index is 12.5. The highest BCUT2D eigenvalue weighted by molar-refractivity contribution is 6.54. The minimum atomic E-state index is -1.13. The molecule has 1 aromatic heterocycles. The molecule has 36 heavy (non-hydrogen) atoms. The van der Waals surface area contributed by atoms with Crippen LogP contribution in [0.25, 0.3) is 0 Å². The summed E-state index contributed by atoms with van der Waals surface area (Å²) in [5.41, 5.74) is 1.92. The fourth-order valence-corrected chi connectivity index (χ4v) is 4.08. The Morgan fingerprint density at radius 2 is 1.94 bits per heavy atom. The van der Waals surface area contributed by atoms with Gasteiger partial charge < -0.3 is 19.1 Å². The molecule has 5 rings (SSSR count). The summed E-state index contributed by atoms with van der Waals surface area (Å²) < 4.78 is 15.7. The Labute approximate surface area is 210 Å². The maximum Gasteiger partial charge on any atom is 0.412 e. The SMILES string of the molecule is Cc1onc(C#CC2=CC3=NC(C4(C(=O)O)COC4)=CC3=N2)c1NC(=O)OC(C)c1ccccc1Cl. The number of halogens is 1. The third-order valence-electron chi connectivity index (χ3n) is 5.91. The molecule has 4 heterocycles. The van der Waals surface area contributed by atoms with Gasteiger partial charge in [-0.25, -0.2) is 14.8 Å². The molecule has 182 valence electrons. The van der Waals surface area contributed by atoms with Gasteiger partial charge in [0.15, 0.2) is 16.9 Å². The summed E-state index contributed by atoms with van der Waals surface area (Å²) in [5.74, 6) is 5.08. The van der Waals surface area contributed by atoms with E-state index in [4.69, 9.17) is 25.6 Å². The number of carbonyl (C=O) groups excluding carboxylic acids is 1. The Morgan fingerprint density at radius 1 is 1.19 bits per heavy atom. The Kier molecular flexibility index (Phi) is 5.96. The molecule has 0 aliphatic carbocycles. The molecule has 1 atom stereocenters. The third kappa shape index (κ3) is 4.19. The number of carboxylic acids is 1. The number of hydrogen-bond donors (Lipinski definition) is 2. The number of aromatic nitrogens is 1. The van der Waals surface area contributed by atoms with Gasteiger partial charge in [-0.05, 0) is 37.8 Å². The maximum absolute atomic E-state index is 12.5. The van der Waals surface area contributed by atoms with Crippen molar-refractivity contribution in [2.45, 2.75) is 20.0 Å². The molecule has 1 saturated heterocycles. The first-order valence-electron chi connectivity index (χ1n) is 10.9. The largest absolute Gasteiger partial charge is 0.480 e. The molecular formula is C25H19ClN4O6. The predicted octanol–water partition coefficient (Wildman–Crippen LogP) is 4.08. The molecule has 0 saturated carbocycles. The van der Waals surface area contributed by atoms with E-state index in [1.165, 1.54) is 0 Å². The predicted molar refractivity (Wildman–Crippen MR) is 130 cm³/mol. The minimum absolute atomic E-state index is 0.0789. The van der Waals surface area contributed by atoms with Crippen molar-refractivity contribution < 1.29 is 28.7 Å². The molecule has 0 radical (unpaired) electrons. The number of carbonyl (C=O) groups is 2. The van der Waals surface area contributed by atoms with Crippen molar-refractivity contribution in [1.82, 2.24) is 5.16 Å². The van der Waals surface area contributed by atoms with E-state index in [0.29, 0.717) is 39.2 Å². The normalized spacial score (nSPS) is 17.9. The molecule has 3 aliphatic rings. The minimum Gasteiger partial charge on any atom is -0.480 e. The van der Waals surface area contributed by atoms with Crippen molar-refractivity contribution >= 4 is 40.8 Å². The van der Waals surface area contributed by atoms with E-state index >= 15 is 0 Å². The summed E-state index contributed by atoms with van der Waals surface area (Å²) in [7, 11) is 0. The quantitative estimate of drug-likeness (QED) is 0.583. The van der Waals surface area contributed by atoms with E-state index < -0.39 is 23.6 Å². The van der Waals surface area contributed by atoms with Crippen molar-refractivity contribution in [2.75, 3.05) is 18.5 Å². The second-order valence-corrected chi connectivity index (χ2v) is 8.75. The highest BCUT2D eigenvalue weighted by atomic mass is 35.5. The van der Waals surface area contributed by atoms with Crippen LogP contribution in [0.3, 0.4) is 0 Å². The zero-order valence-corrected chi connectivity index (χ0v) is 19.9. The van der Waals surface area contributed by atoms with Gasteiger partial charge in [-0.15, -0.1) is 0 Å². The molecule has 10 nitrogen and oxygen atoms in total. The number of nitrogens with zero attached hydrogens (tertiary/aromatic N) is 3. The van der Waals surface area contributed by atoms with E-state index in [9.17, 15) is 14.7 Å². The van der Waals surface area contributed by atoms with Gasteiger partial charge in [-0.1, -0.05) is 35.0 Å². The van der Waals surface area contributed by atoms with Crippen LogP contribution in [0, 0.1) is 24.2 Å². The Balaban J connectivity index is 1.28. The molecule has 1 amide bonds. The van der Waals surface area contributed by atoms with Crippen molar-refractivity contribution in [3.63, 3.8) is 0 Å². The fourth-order valence-electron chi connectivity index (χ4n) is 3.79. The summed E-state index contributed by atoms with van der Waals surface area (Å²) >= 11 is 6.17. The lowest BCUT2D eigenvalue weighted by atomic mass is 9.82. The highest BCUT2D eigenvalue weighted by Gasteiger charge is 2.51. The number of carboxylic acid groups (broad SMARTS) is 1. The van der Waals surface area contributed by atoms with E-state index in [-0.39, 0.29) is 24.6 Å². The lowest BCUT2D eigenvalue weighted by molar-refractivity contribution is -0.171. The average molecular weight is 507 g/mol. The van der Waals surface area contributed by atoms with Crippen molar-refractivity contribution in [3.8, 4) is 11.8 Å². The van der Waals surface area contributed by atoms with Gasteiger partial charge in [-0.2, -0.15) is 0 Å². The van der Waals surface area contributed by atoms with Crippen molar-refractivity contribution in [1.29, 1.82) is 0 Å². The van der Waals surface area contributed by atoms with E-state index in [0.717, 1.165) is 0 Å². The lowest BCUT2D eigenvalue weighted by Gasteiger charge is -2.36. The molecule has 11 heteroatoms. The first-order valence-corrected chi connectivity index (χ1v) is 11.3. The number of anilines is 1. The zero-order chi connectivity index (χ0) is 25.4. The van der Waals surface area contributed by atoms with Gasteiger partial charge in [0.2, 0.25) is 0 Å². The monoisotopic (exact) mass is 506 g/mol. The number of benzene rings is 1. The van der Waals surface area contributed by atoms with Crippen LogP contribution in [0.2, 0.25) is 5.02 Å². The molecule has 2 N–H and O–H groups in total. The molecule has 1 unspecified atom stereocenters. The van der Waals surface area contributed by atoms with Gasteiger partial charge in [0.1, 0.15) is 17.5 Å². The molecule has 2 aromatic rings. The van der Waals surface area contributed by atoms with E-state index in [1.54, 1.807) is 50.3 Å². The van der Waals surface area contributed by atoms with Gasteiger partial charge >= 0.3 is 12.1 Å². The lowest BCUT2D eigenvalue weighted by Crippen LogP contribution is -2.50. The van der Waals surface area contributed by atoms with Crippen LogP contribution in [-0.4, -0.2) is 47.0 Å². The summed E-state index contributed by atoms with van der Waals surface area (Å²) in [4.78, 5) is 33.0. The molecule has 3 aliphatic heterocycles. The van der Waals surface area contributed by atoms with Gasteiger partial charge in [-0.3, -0.25) is 10.1 Å². The standard InChI is InChI=1S/C25H19ClN4O6/c1-13(16-5-3-4-6-17(16)26)35-24(33)29-22-14(2)36-30-18(22)8-7-15-9-19-20(27-15)10-21(28-19)25(23(31)32)11-34-12-25/h3-6,9-10,13H,11-12H2,1-2H3,(H,29,33)(H,31,32). The van der Waals surface area contributed by atoms with Crippen molar-refractivity contribution in [3.05, 3.63) is 69.9 Å². The highest BCUT2D eigenvalue weighted by Crippen LogP contribution is 2.39. The average Bonchev–Trinajstić information content (AvgIpc) is 3.45. The van der Waals surface area contributed by atoms with Crippen LogP contribution in [-0.2, 0) is 14.3 Å². The molecular weight excluding hydrogens is 488 g/mol. The summed E-state index contributed by atoms with van der Waals surface area (Å²) in [6.07, 6.45) is 1.99. The summed E-state index contributed by atoms with van der Waals surface area (Å²) in [5, 5.41) is 16.6. The van der Waals surface area contributed by atoms with Crippen LogP contribution in [0.4, 0.5) is 10.5 Å². The molecule has 1 fully saturated rings.